The summed E-state index contributed by atoms with van der Waals surface area (Å²) in [6.07, 6.45) is 6.89. The lowest BCUT2D eigenvalue weighted by Crippen LogP contribution is -2.47. The summed E-state index contributed by atoms with van der Waals surface area (Å²) in [4.78, 5) is 17.0. The van der Waals surface area contributed by atoms with E-state index in [1.54, 1.807) is 11.3 Å². The summed E-state index contributed by atoms with van der Waals surface area (Å²) < 4.78 is 0. The largest absolute Gasteiger partial charge is 0.353 e. The van der Waals surface area contributed by atoms with Crippen LogP contribution in [0.1, 0.15) is 44.1 Å². The van der Waals surface area contributed by atoms with Gasteiger partial charge < -0.3 is 10.2 Å². The third kappa shape index (κ3) is 5.59. The van der Waals surface area contributed by atoms with Gasteiger partial charge in [0, 0.05) is 51.7 Å². The lowest BCUT2D eigenvalue weighted by Gasteiger charge is -2.34. The van der Waals surface area contributed by atoms with E-state index in [-0.39, 0.29) is 5.91 Å². The highest BCUT2D eigenvalue weighted by molar-refractivity contribution is 7.07. The van der Waals surface area contributed by atoms with Gasteiger partial charge in [-0.1, -0.05) is 19.3 Å². The molecule has 2 aliphatic rings. The highest BCUT2D eigenvalue weighted by Crippen LogP contribution is 2.17. The number of carbonyl (C=O) groups excluding carboxylic acids is 1. The van der Waals surface area contributed by atoms with Crippen LogP contribution in [0.15, 0.2) is 16.8 Å². The number of piperazine rings is 1. The van der Waals surface area contributed by atoms with Gasteiger partial charge in [-0.05, 0) is 35.2 Å². The van der Waals surface area contributed by atoms with E-state index in [4.69, 9.17) is 0 Å². The van der Waals surface area contributed by atoms with Gasteiger partial charge in [-0.15, -0.1) is 0 Å². The zero-order chi connectivity index (χ0) is 15.9. The van der Waals surface area contributed by atoms with Crippen LogP contribution in [0.4, 0.5) is 0 Å². The number of nitrogens with one attached hydrogen (secondary N) is 1. The Morgan fingerprint density at radius 2 is 1.87 bits per heavy atom. The molecule has 1 aliphatic carbocycles. The van der Waals surface area contributed by atoms with E-state index in [1.807, 2.05) is 0 Å². The average Bonchev–Trinajstić information content (AvgIpc) is 3.08. The van der Waals surface area contributed by atoms with Crippen molar-refractivity contribution in [3.8, 4) is 0 Å². The second-order valence-electron chi connectivity index (χ2n) is 6.90. The molecule has 0 aromatic carbocycles. The highest BCUT2D eigenvalue weighted by atomic mass is 32.1. The van der Waals surface area contributed by atoms with E-state index in [1.165, 1.54) is 37.7 Å². The van der Waals surface area contributed by atoms with Crippen LogP contribution < -0.4 is 5.32 Å². The van der Waals surface area contributed by atoms with Crippen molar-refractivity contribution < 1.29 is 4.79 Å². The lowest BCUT2D eigenvalue weighted by atomic mass is 9.95. The summed E-state index contributed by atoms with van der Waals surface area (Å²) in [6.45, 7) is 6.37. The van der Waals surface area contributed by atoms with E-state index in [9.17, 15) is 4.79 Å². The van der Waals surface area contributed by atoms with Crippen molar-refractivity contribution in [1.82, 2.24) is 15.1 Å². The molecule has 0 spiro atoms. The fraction of sp³-hybridized carbons (Fsp3) is 0.722. The van der Waals surface area contributed by atoms with Crippen molar-refractivity contribution in [3.63, 3.8) is 0 Å². The SMILES string of the molecule is O=C(CCN1CCN(Cc2ccsc2)CC1)NC1CCCCC1. The van der Waals surface area contributed by atoms with Crippen LogP contribution in [0.2, 0.25) is 0 Å². The number of amides is 1. The third-order valence-electron chi connectivity index (χ3n) is 5.08. The molecule has 1 amide bonds. The predicted molar refractivity (Wildman–Crippen MR) is 95.7 cm³/mol. The van der Waals surface area contributed by atoms with Gasteiger partial charge in [-0.3, -0.25) is 9.69 Å². The number of carbonyl (C=O) groups is 1. The molecule has 0 radical (unpaired) electrons. The van der Waals surface area contributed by atoms with Crippen LogP contribution in [0.25, 0.3) is 0 Å². The quantitative estimate of drug-likeness (QED) is 0.868. The van der Waals surface area contributed by atoms with E-state index in [2.05, 4.69) is 31.9 Å². The van der Waals surface area contributed by atoms with Crippen molar-refractivity contribution in [1.29, 1.82) is 0 Å². The minimum absolute atomic E-state index is 0.248. The minimum Gasteiger partial charge on any atom is -0.353 e. The molecule has 3 rings (SSSR count). The summed E-state index contributed by atoms with van der Waals surface area (Å²) in [7, 11) is 0. The van der Waals surface area contributed by atoms with Crippen LogP contribution in [0.3, 0.4) is 0 Å². The Morgan fingerprint density at radius 1 is 1.13 bits per heavy atom. The van der Waals surface area contributed by atoms with Crippen molar-refractivity contribution in [2.24, 2.45) is 0 Å². The molecule has 23 heavy (non-hydrogen) atoms. The molecule has 0 unspecified atom stereocenters. The Balaban J connectivity index is 1.30. The molecular weight excluding hydrogens is 306 g/mol. The maximum Gasteiger partial charge on any atom is 0.221 e. The number of nitrogens with zero attached hydrogens (tertiary/aromatic N) is 2. The number of rotatable bonds is 6. The van der Waals surface area contributed by atoms with Crippen molar-refractivity contribution >= 4 is 17.2 Å². The molecule has 4 nitrogen and oxygen atoms in total. The Labute approximate surface area is 143 Å². The van der Waals surface area contributed by atoms with Crippen molar-refractivity contribution in [3.05, 3.63) is 22.4 Å². The van der Waals surface area contributed by atoms with E-state index >= 15 is 0 Å². The molecule has 0 bridgehead atoms. The molecule has 1 N–H and O–H groups in total. The third-order valence-corrected chi connectivity index (χ3v) is 5.81. The Hall–Kier alpha value is -0.910. The highest BCUT2D eigenvalue weighted by Gasteiger charge is 2.19. The molecule has 1 saturated carbocycles. The number of hydrogen-bond donors (Lipinski definition) is 1. The van der Waals surface area contributed by atoms with Gasteiger partial charge in [0.2, 0.25) is 5.91 Å². The fourth-order valence-corrected chi connectivity index (χ4v) is 4.28. The van der Waals surface area contributed by atoms with Gasteiger partial charge in [0.1, 0.15) is 0 Å². The van der Waals surface area contributed by atoms with Crippen molar-refractivity contribution in [2.45, 2.75) is 51.1 Å². The first kappa shape index (κ1) is 16.9. The molecular formula is C18H29N3OS. The standard InChI is InChI=1S/C18H29N3OS/c22-18(19-17-4-2-1-3-5-17)6-8-20-9-11-21(12-10-20)14-16-7-13-23-15-16/h7,13,15,17H,1-6,8-12,14H2,(H,19,22). The van der Waals surface area contributed by atoms with Crippen LogP contribution >= 0.6 is 11.3 Å². The zero-order valence-corrected chi connectivity index (χ0v) is 14.8. The molecule has 128 valence electrons. The molecule has 2 fully saturated rings. The smallest absolute Gasteiger partial charge is 0.221 e. The van der Waals surface area contributed by atoms with Crippen LogP contribution in [-0.2, 0) is 11.3 Å². The lowest BCUT2D eigenvalue weighted by molar-refractivity contribution is -0.122. The average molecular weight is 336 g/mol. The van der Waals surface area contributed by atoms with E-state index < -0.39 is 0 Å². The molecule has 2 heterocycles. The molecule has 1 saturated heterocycles. The normalized spacial score (nSPS) is 21.4. The maximum absolute atomic E-state index is 12.1. The van der Waals surface area contributed by atoms with Gasteiger partial charge in [0.05, 0.1) is 0 Å². The predicted octanol–water partition coefficient (Wildman–Crippen LogP) is 2.70. The molecule has 1 aromatic rings. The summed E-state index contributed by atoms with van der Waals surface area (Å²) in [6, 6.07) is 2.66. The Bertz CT molecular complexity index is 463. The van der Waals surface area contributed by atoms with Gasteiger partial charge in [-0.2, -0.15) is 11.3 Å². The molecule has 0 atom stereocenters. The van der Waals surface area contributed by atoms with Crippen molar-refractivity contribution in [2.75, 3.05) is 32.7 Å². The zero-order valence-electron chi connectivity index (χ0n) is 14.0. The second-order valence-corrected chi connectivity index (χ2v) is 7.68. The monoisotopic (exact) mass is 335 g/mol. The van der Waals surface area contributed by atoms with Gasteiger partial charge >= 0.3 is 0 Å². The van der Waals surface area contributed by atoms with E-state index in [0.29, 0.717) is 12.5 Å². The van der Waals surface area contributed by atoms with Gasteiger partial charge in [0.25, 0.3) is 0 Å². The van der Waals surface area contributed by atoms with Crippen LogP contribution in [-0.4, -0.2) is 54.5 Å². The van der Waals surface area contributed by atoms with Crippen LogP contribution in [0, 0.1) is 0 Å². The molecule has 1 aliphatic heterocycles. The first-order chi connectivity index (χ1) is 11.3. The first-order valence-corrected chi connectivity index (χ1v) is 9.99. The summed E-state index contributed by atoms with van der Waals surface area (Å²) >= 11 is 1.77. The van der Waals surface area contributed by atoms with Gasteiger partial charge in [-0.25, -0.2) is 0 Å². The summed E-state index contributed by atoms with van der Waals surface area (Å²) in [5.74, 6) is 0.248. The number of thiophene rings is 1. The van der Waals surface area contributed by atoms with Crippen LogP contribution in [0.5, 0.6) is 0 Å². The second kappa shape index (κ2) is 8.81. The van der Waals surface area contributed by atoms with Gasteiger partial charge in [0.15, 0.2) is 0 Å². The Kier molecular flexibility index (Phi) is 6.48. The fourth-order valence-electron chi connectivity index (χ4n) is 3.62. The summed E-state index contributed by atoms with van der Waals surface area (Å²) in [5.41, 5.74) is 1.43. The molecule has 5 heteroatoms. The van der Waals surface area contributed by atoms with E-state index in [0.717, 1.165) is 39.3 Å². The first-order valence-electron chi connectivity index (χ1n) is 9.05. The Morgan fingerprint density at radius 3 is 2.57 bits per heavy atom. The maximum atomic E-state index is 12.1. The molecule has 1 aromatic heterocycles. The topological polar surface area (TPSA) is 35.6 Å². The minimum atomic E-state index is 0.248. The number of hydrogen-bond acceptors (Lipinski definition) is 4. The summed E-state index contributed by atoms with van der Waals surface area (Å²) in [5, 5.41) is 7.61.